The van der Waals surface area contributed by atoms with Gasteiger partial charge in [-0.2, -0.15) is 0 Å². The summed E-state index contributed by atoms with van der Waals surface area (Å²) in [6, 6.07) is 17.2. The third-order valence-corrected chi connectivity index (χ3v) is 6.05. The van der Waals surface area contributed by atoms with Gasteiger partial charge in [-0.05, 0) is 50.1 Å². The maximum atomic E-state index is 13.0. The molecule has 1 atom stereocenters. The van der Waals surface area contributed by atoms with Crippen LogP contribution < -0.4 is 10.2 Å². The van der Waals surface area contributed by atoms with E-state index >= 15 is 0 Å². The summed E-state index contributed by atoms with van der Waals surface area (Å²) in [7, 11) is 0. The van der Waals surface area contributed by atoms with Crippen molar-refractivity contribution in [1.82, 2.24) is 25.3 Å². The van der Waals surface area contributed by atoms with Crippen molar-refractivity contribution in [3.63, 3.8) is 0 Å². The number of anilines is 1. The van der Waals surface area contributed by atoms with Crippen LogP contribution in [0, 0.1) is 6.92 Å². The van der Waals surface area contributed by atoms with Crippen LogP contribution in [0.4, 0.5) is 5.69 Å². The molecule has 1 unspecified atom stereocenters. The summed E-state index contributed by atoms with van der Waals surface area (Å²) in [6.07, 6.45) is 3.19. The fraction of sp³-hybridized carbons (Fsp3) is 0.240. The monoisotopic (exact) mass is 440 g/mol. The van der Waals surface area contributed by atoms with E-state index in [0.717, 1.165) is 40.8 Å². The Labute approximate surface area is 191 Å². The first-order chi connectivity index (χ1) is 16.0. The molecule has 0 aliphatic carbocycles. The van der Waals surface area contributed by atoms with E-state index in [0.29, 0.717) is 12.1 Å². The Morgan fingerprint density at radius 1 is 1.12 bits per heavy atom. The summed E-state index contributed by atoms with van der Waals surface area (Å²) in [4.78, 5) is 31.4. The molecule has 166 valence electrons. The Kier molecular flexibility index (Phi) is 5.34. The zero-order valence-corrected chi connectivity index (χ0v) is 18.5. The molecule has 1 fully saturated rings. The van der Waals surface area contributed by atoms with Gasteiger partial charge in [0.25, 0.3) is 5.91 Å². The molecule has 1 aliphatic heterocycles. The number of carbonyl (C=O) groups excluding carboxylic acids is 2. The molecule has 2 amide bonds. The van der Waals surface area contributed by atoms with Gasteiger partial charge in [-0.15, -0.1) is 5.10 Å². The molecule has 33 heavy (non-hydrogen) atoms. The van der Waals surface area contributed by atoms with Crippen LogP contribution in [0.15, 0.2) is 60.8 Å². The first-order valence-corrected chi connectivity index (χ1v) is 11.0. The molecule has 3 heterocycles. The van der Waals surface area contributed by atoms with Crippen molar-refractivity contribution in [3.05, 3.63) is 77.7 Å². The van der Waals surface area contributed by atoms with Gasteiger partial charge in [0.2, 0.25) is 5.91 Å². The molecule has 0 saturated carbocycles. The van der Waals surface area contributed by atoms with Crippen LogP contribution in [0.1, 0.15) is 47.6 Å². The number of amides is 2. The first-order valence-electron chi connectivity index (χ1n) is 11.0. The minimum Gasteiger partial charge on any atom is -0.344 e. The molecular weight excluding hydrogens is 416 g/mol. The van der Waals surface area contributed by atoms with Crippen molar-refractivity contribution in [2.75, 3.05) is 11.4 Å². The zero-order chi connectivity index (χ0) is 22.9. The summed E-state index contributed by atoms with van der Waals surface area (Å²) >= 11 is 0. The quantitative estimate of drug-likeness (QED) is 0.510. The van der Waals surface area contributed by atoms with Crippen LogP contribution in [0.25, 0.3) is 16.6 Å². The van der Waals surface area contributed by atoms with Gasteiger partial charge in [-0.25, -0.2) is 4.68 Å². The highest BCUT2D eigenvalue weighted by atomic mass is 16.2. The average molecular weight is 441 g/mol. The fourth-order valence-electron chi connectivity index (χ4n) is 4.26. The number of hydrogen-bond acceptors (Lipinski definition) is 5. The molecule has 0 spiro atoms. The van der Waals surface area contributed by atoms with E-state index in [1.54, 1.807) is 15.8 Å². The highest BCUT2D eigenvalue weighted by Crippen LogP contribution is 2.25. The number of benzene rings is 2. The Balaban J connectivity index is 1.38. The largest absolute Gasteiger partial charge is 0.344 e. The van der Waals surface area contributed by atoms with E-state index in [1.165, 1.54) is 0 Å². The second-order valence-corrected chi connectivity index (χ2v) is 8.23. The number of hydrogen-bond donors (Lipinski definition) is 1. The Morgan fingerprint density at radius 2 is 1.94 bits per heavy atom. The van der Waals surface area contributed by atoms with Gasteiger partial charge in [0, 0.05) is 30.2 Å². The van der Waals surface area contributed by atoms with Crippen molar-refractivity contribution in [3.8, 4) is 5.69 Å². The topological polar surface area (TPSA) is 93.0 Å². The van der Waals surface area contributed by atoms with Crippen LogP contribution in [0.3, 0.4) is 0 Å². The molecule has 0 bridgehead atoms. The van der Waals surface area contributed by atoms with Gasteiger partial charge in [0.1, 0.15) is 0 Å². The molecule has 4 aromatic rings. The fourth-order valence-corrected chi connectivity index (χ4v) is 4.26. The molecule has 1 saturated heterocycles. The van der Waals surface area contributed by atoms with E-state index in [2.05, 4.69) is 20.6 Å². The normalized spacial score (nSPS) is 14.6. The number of nitrogens with one attached hydrogen (secondary N) is 1. The molecule has 8 heteroatoms. The van der Waals surface area contributed by atoms with Crippen molar-refractivity contribution in [1.29, 1.82) is 0 Å². The van der Waals surface area contributed by atoms with Gasteiger partial charge < -0.3 is 10.2 Å². The number of fused-ring (bicyclic) bond motifs is 1. The molecule has 1 N–H and O–H groups in total. The van der Waals surface area contributed by atoms with Gasteiger partial charge in [0.05, 0.1) is 22.9 Å². The van der Waals surface area contributed by atoms with Crippen LogP contribution in [-0.2, 0) is 4.79 Å². The minimum atomic E-state index is -0.304. The van der Waals surface area contributed by atoms with Crippen molar-refractivity contribution < 1.29 is 9.59 Å². The average Bonchev–Trinajstić information content (AvgIpc) is 3.44. The van der Waals surface area contributed by atoms with E-state index < -0.39 is 0 Å². The van der Waals surface area contributed by atoms with E-state index in [1.807, 2.05) is 68.4 Å². The van der Waals surface area contributed by atoms with Crippen molar-refractivity contribution in [2.24, 2.45) is 0 Å². The predicted molar refractivity (Wildman–Crippen MR) is 125 cm³/mol. The smallest absolute Gasteiger partial charge is 0.274 e. The van der Waals surface area contributed by atoms with Gasteiger partial charge in [0.15, 0.2) is 5.69 Å². The molecule has 2 aromatic heterocycles. The number of carbonyl (C=O) groups is 2. The summed E-state index contributed by atoms with van der Waals surface area (Å²) in [6.45, 7) is 4.46. The Morgan fingerprint density at radius 3 is 2.76 bits per heavy atom. The van der Waals surface area contributed by atoms with E-state index in [9.17, 15) is 9.59 Å². The second kappa shape index (κ2) is 8.46. The Bertz CT molecular complexity index is 1360. The Hall–Kier alpha value is -4.07. The standard InChI is InChI=1S/C25H24N6O2/c1-16(19-8-3-10-20(15-19)30-14-6-12-22(30)32)27-25(33)23-17(2)31(29-28-23)21-11-4-7-18-9-5-13-26-24(18)21/h3-5,7-11,13,15-16H,6,12,14H2,1-2H3,(H,27,33). The lowest BCUT2D eigenvalue weighted by Gasteiger charge is -2.19. The second-order valence-electron chi connectivity index (χ2n) is 8.23. The van der Waals surface area contributed by atoms with Crippen LogP contribution in [0.2, 0.25) is 0 Å². The summed E-state index contributed by atoms with van der Waals surface area (Å²) < 4.78 is 1.65. The molecule has 5 rings (SSSR count). The number of para-hydroxylation sites is 1. The third-order valence-electron chi connectivity index (χ3n) is 6.05. The first kappa shape index (κ1) is 20.8. The number of nitrogens with zero attached hydrogens (tertiary/aromatic N) is 5. The van der Waals surface area contributed by atoms with Crippen molar-refractivity contribution >= 4 is 28.4 Å². The summed E-state index contributed by atoms with van der Waals surface area (Å²) in [5, 5.41) is 12.4. The lowest BCUT2D eigenvalue weighted by atomic mass is 10.1. The zero-order valence-electron chi connectivity index (χ0n) is 18.5. The summed E-state index contributed by atoms with van der Waals surface area (Å²) in [5.74, 6) is -0.166. The molecule has 0 radical (unpaired) electrons. The van der Waals surface area contributed by atoms with Gasteiger partial charge in [-0.1, -0.05) is 35.5 Å². The van der Waals surface area contributed by atoms with Crippen LogP contribution >= 0.6 is 0 Å². The molecule has 1 aliphatic rings. The number of aromatic nitrogens is 4. The van der Waals surface area contributed by atoms with E-state index in [4.69, 9.17) is 0 Å². The number of rotatable bonds is 5. The van der Waals surface area contributed by atoms with Crippen LogP contribution in [-0.4, -0.2) is 38.3 Å². The maximum absolute atomic E-state index is 13.0. The number of pyridine rings is 1. The lowest BCUT2D eigenvalue weighted by Crippen LogP contribution is -2.28. The van der Waals surface area contributed by atoms with Crippen molar-refractivity contribution in [2.45, 2.75) is 32.7 Å². The third kappa shape index (κ3) is 3.84. The van der Waals surface area contributed by atoms with Gasteiger partial charge >= 0.3 is 0 Å². The van der Waals surface area contributed by atoms with Crippen LogP contribution in [0.5, 0.6) is 0 Å². The maximum Gasteiger partial charge on any atom is 0.274 e. The minimum absolute atomic E-state index is 0.138. The highest BCUT2D eigenvalue weighted by Gasteiger charge is 2.23. The van der Waals surface area contributed by atoms with E-state index in [-0.39, 0.29) is 23.6 Å². The highest BCUT2D eigenvalue weighted by molar-refractivity contribution is 5.96. The SMILES string of the molecule is Cc1c(C(=O)NC(C)c2cccc(N3CCCC3=O)c2)nnn1-c1cccc2cccnc12. The van der Waals surface area contributed by atoms with Gasteiger partial charge in [-0.3, -0.25) is 14.6 Å². The molecular formula is C25H24N6O2. The predicted octanol–water partition coefficient (Wildman–Crippen LogP) is 3.74. The summed E-state index contributed by atoms with van der Waals surface area (Å²) in [5.41, 5.74) is 4.25. The molecule has 2 aromatic carbocycles. The molecule has 8 nitrogen and oxygen atoms in total. The lowest BCUT2D eigenvalue weighted by molar-refractivity contribution is -0.117.